The van der Waals surface area contributed by atoms with Gasteiger partial charge in [0.15, 0.2) is 0 Å². The molecule has 0 aliphatic carbocycles. The van der Waals surface area contributed by atoms with Crippen molar-refractivity contribution in [1.29, 1.82) is 0 Å². The molecule has 0 aliphatic heterocycles. The number of ether oxygens (including phenoxy) is 4. The van der Waals surface area contributed by atoms with Crippen LogP contribution in [0, 0.1) is 0 Å². The van der Waals surface area contributed by atoms with Gasteiger partial charge in [-0.3, -0.25) is 10.3 Å². The van der Waals surface area contributed by atoms with Gasteiger partial charge >= 0.3 is 24.2 Å². The van der Waals surface area contributed by atoms with Crippen LogP contribution in [0.3, 0.4) is 0 Å². The summed E-state index contributed by atoms with van der Waals surface area (Å²) in [6.07, 6.45) is -2.53. The summed E-state index contributed by atoms with van der Waals surface area (Å²) in [7, 11) is 0. The number of esters is 1. The molecule has 0 heterocycles. The van der Waals surface area contributed by atoms with Crippen LogP contribution in [-0.4, -0.2) is 65.2 Å². The van der Waals surface area contributed by atoms with Crippen LogP contribution in [0.25, 0.3) is 0 Å². The first-order chi connectivity index (χ1) is 19.0. The molecule has 0 aliphatic rings. The average Bonchev–Trinajstić information content (AvgIpc) is 2.74. The Morgan fingerprint density at radius 3 is 1.67 bits per heavy atom. The number of nitrogens with zero attached hydrogens (tertiary/aromatic N) is 2. The van der Waals surface area contributed by atoms with Gasteiger partial charge in [0.25, 0.3) is 0 Å². The molecule has 0 spiro atoms. The molecular formula is C30H48N4O8. The minimum absolute atomic E-state index is 0.0510. The van der Waals surface area contributed by atoms with Crippen molar-refractivity contribution in [2.45, 2.75) is 118 Å². The van der Waals surface area contributed by atoms with Gasteiger partial charge in [0.05, 0.1) is 5.69 Å². The fraction of sp³-hybridized carbons (Fsp3) is 0.633. The van der Waals surface area contributed by atoms with Crippen molar-refractivity contribution in [3.05, 3.63) is 30.3 Å². The molecule has 2 N–H and O–H groups in total. The van der Waals surface area contributed by atoms with Gasteiger partial charge in [-0.1, -0.05) is 18.2 Å². The van der Waals surface area contributed by atoms with E-state index in [0.717, 1.165) is 4.90 Å². The Kier molecular flexibility index (Phi) is 12.4. The van der Waals surface area contributed by atoms with Crippen molar-refractivity contribution in [2.75, 3.05) is 11.4 Å². The number of amides is 3. The zero-order valence-corrected chi connectivity index (χ0v) is 27.0. The number of carbonyl (C=O) groups excluding carboxylic acids is 4. The highest BCUT2D eigenvalue weighted by molar-refractivity contribution is 6.17. The summed E-state index contributed by atoms with van der Waals surface area (Å²) in [6.45, 7) is 20.3. The Morgan fingerprint density at radius 1 is 0.714 bits per heavy atom. The second-order valence-corrected chi connectivity index (χ2v) is 13.5. The number of benzene rings is 1. The molecule has 1 rings (SSSR count). The lowest BCUT2D eigenvalue weighted by molar-refractivity contribution is -0.157. The Bertz CT molecular complexity index is 1110. The molecule has 0 fully saturated rings. The highest BCUT2D eigenvalue weighted by Gasteiger charge is 2.31. The maximum absolute atomic E-state index is 13.4. The minimum atomic E-state index is -1.14. The van der Waals surface area contributed by atoms with Crippen molar-refractivity contribution in [2.24, 2.45) is 4.99 Å². The van der Waals surface area contributed by atoms with E-state index in [1.165, 1.54) is 0 Å². The molecule has 0 aromatic heterocycles. The molecule has 0 saturated carbocycles. The number of hydrogen-bond donors (Lipinski definition) is 2. The largest absolute Gasteiger partial charge is 0.458 e. The van der Waals surface area contributed by atoms with E-state index in [4.69, 9.17) is 18.9 Å². The lowest BCUT2D eigenvalue weighted by atomic mass is 10.1. The first-order valence-corrected chi connectivity index (χ1v) is 13.8. The van der Waals surface area contributed by atoms with Crippen LogP contribution >= 0.6 is 0 Å². The van der Waals surface area contributed by atoms with E-state index in [1.54, 1.807) is 113 Å². The third-order valence-corrected chi connectivity index (χ3v) is 4.48. The number of alkyl carbamates (subject to hydrolysis) is 2. The number of para-hydroxylation sites is 1. The molecular weight excluding hydrogens is 544 g/mol. The van der Waals surface area contributed by atoms with Crippen LogP contribution in [0.5, 0.6) is 0 Å². The first-order valence-electron chi connectivity index (χ1n) is 13.8. The molecule has 0 bridgehead atoms. The monoisotopic (exact) mass is 592 g/mol. The normalized spacial score (nSPS) is 13.4. The van der Waals surface area contributed by atoms with Crippen molar-refractivity contribution in [3.8, 4) is 0 Å². The highest BCUT2D eigenvalue weighted by Crippen LogP contribution is 2.19. The summed E-state index contributed by atoms with van der Waals surface area (Å²) in [5, 5.41) is 5.07. The van der Waals surface area contributed by atoms with Crippen LogP contribution in [0.4, 0.5) is 20.1 Å². The predicted molar refractivity (Wildman–Crippen MR) is 160 cm³/mol. The molecule has 236 valence electrons. The zero-order chi connectivity index (χ0) is 32.5. The van der Waals surface area contributed by atoms with Crippen molar-refractivity contribution < 1.29 is 38.1 Å². The van der Waals surface area contributed by atoms with Gasteiger partial charge in [-0.25, -0.2) is 24.1 Å². The van der Waals surface area contributed by atoms with E-state index in [-0.39, 0.29) is 18.9 Å². The van der Waals surface area contributed by atoms with Gasteiger partial charge in [0.2, 0.25) is 5.96 Å². The third kappa shape index (κ3) is 15.2. The predicted octanol–water partition coefficient (Wildman–Crippen LogP) is 5.93. The fourth-order valence-electron chi connectivity index (χ4n) is 3.13. The van der Waals surface area contributed by atoms with E-state index in [2.05, 4.69) is 15.6 Å². The standard InChI is InChI=1S/C30H48N4O8/c1-27(2,3)39-22(35)21(32-24(36)40-28(4,5)6)18-19-31-23(33-25(37)41-29(7,8)9)34(20-16-14-13-15-17-20)26(38)42-30(10,11)12/h13-17,21H,18-19H2,1-12H3,(H,32,36)(H,31,33,37)/t21-/m0/s1. The summed E-state index contributed by atoms with van der Waals surface area (Å²) in [5.74, 6) is -0.901. The Hall–Kier alpha value is -3.83. The Morgan fingerprint density at radius 2 is 1.19 bits per heavy atom. The summed E-state index contributed by atoms with van der Waals surface area (Å²) >= 11 is 0. The molecule has 42 heavy (non-hydrogen) atoms. The Balaban J connectivity index is 3.47. The molecule has 1 atom stereocenters. The van der Waals surface area contributed by atoms with Crippen LogP contribution in [0.2, 0.25) is 0 Å². The molecule has 0 radical (unpaired) electrons. The minimum Gasteiger partial charge on any atom is -0.458 e. The van der Waals surface area contributed by atoms with Crippen LogP contribution in [0.1, 0.15) is 89.5 Å². The molecule has 0 unspecified atom stereocenters. The summed E-state index contributed by atoms with van der Waals surface area (Å²) in [6, 6.07) is 7.33. The lowest BCUT2D eigenvalue weighted by Crippen LogP contribution is -2.50. The van der Waals surface area contributed by atoms with E-state index in [9.17, 15) is 19.2 Å². The van der Waals surface area contributed by atoms with E-state index in [1.807, 2.05) is 0 Å². The summed E-state index contributed by atoms with van der Waals surface area (Å²) in [4.78, 5) is 57.2. The van der Waals surface area contributed by atoms with Gasteiger partial charge in [-0.2, -0.15) is 0 Å². The van der Waals surface area contributed by atoms with Gasteiger partial charge in [0.1, 0.15) is 28.4 Å². The maximum atomic E-state index is 13.4. The number of anilines is 1. The zero-order valence-electron chi connectivity index (χ0n) is 27.0. The molecule has 0 saturated heterocycles. The van der Waals surface area contributed by atoms with E-state index >= 15 is 0 Å². The molecule has 12 heteroatoms. The summed E-state index contributed by atoms with van der Waals surface area (Å²) < 4.78 is 21.8. The average molecular weight is 593 g/mol. The quantitative estimate of drug-likeness (QED) is 0.179. The van der Waals surface area contributed by atoms with Gasteiger partial charge < -0.3 is 24.3 Å². The molecule has 12 nitrogen and oxygen atoms in total. The fourth-order valence-corrected chi connectivity index (χ4v) is 3.13. The van der Waals surface area contributed by atoms with Gasteiger partial charge in [-0.15, -0.1) is 0 Å². The number of carbonyl (C=O) groups is 4. The van der Waals surface area contributed by atoms with Crippen molar-refractivity contribution in [1.82, 2.24) is 10.6 Å². The number of hydrogen-bond acceptors (Lipinski definition) is 9. The SMILES string of the molecule is CC(C)(C)OC(=O)NC(=NCC[C@H](NC(=O)OC(C)(C)C)C(=O)OC(C)(C)C)N(C(=O)OC(C)(C)C)c1ccccc1. The number of rotatable bonds is 6. The molecule has 1 aromatic rings. The molecule has 3 amide bonds. The molecule has 1 aromatic carbocycles. The first kappa shape index (κ1) is 36.2. The topological polar surface area (TPSA) is 145 Å². The summed E-state index contributed by atoms with van der Waals surface area (Å²) in [5.41, 5.74) is -2.96. The second kappa shape index (κ2) is 14.4. The highest BCUT2D eigenvalue weighted by atomic mass is 16.6. The van der Waals surface area contributed by atoms with Crippen LogP contribution in [0.15, 0.2) is 35.3 Å². The van der Waals surface area contributed by atoms with Crippen LogP contribution < -0.4 is 15.5 Å². The van der Waals surface area contributed by atoms with Gasteiger partial charge in [-0.05, 0) is 102 Å². The van der Waals surface area contributed by atoms with E-state index < -0.39 is 52.7 Å². The number of guanidine groups is 1. The lowest BCUT2D eigenvalue weighted by Gasteiger charge is -2.29. The van der Waals surface area contributed by atoms with Crippen molar-refractivity contribution >= 4 is 35.9 Å². The number of nitrogens with one attached hydrogen (secondary N) is 2. The van der Waals surface area contributed by atoms with E-state index in [0.29, 0.717) is 5.69 Å². The smallest absolute Gasteiger partial charge is 0.421 e. The third-order valence-electron chi connectivity index (χ3n) is 4.48. The Labute approximate surface area is 249 Å². The van der Waals surface area contributed by atoms with Gasteiger partial charge in [0, 0.05) is 6.54 Å². The number of aliphatic imine (C=N–C) groups is 1. The second-order valence-electron chi connectivity index (χ2n) is 13.5. The van der Waals surface area contributed by atoms with Crippen molar-refractivity contribution in [3.63, 3.8) is 0 Å². The van der Waals surface area contributed by atoms with Crippen LogP contribution in [-0.2, 0) is 23.7 Å². The maximum Gasteiger partial charge on any atom is 0.421 e.